The Bertz CT molecular complexity index is 454. The summed E-state index contributed by atoms with van der Waals surface area (Å²) in [4.78, 5) is 11.5. The van der Waals surface area contributed by atoms with E-state index in [1.54, 1.807) is 11.8 Å². The minimum absolute atomic E-state index is 0.491. The molecule has 0 aromatic carbocycles. The first kappa shape index (κ1) is 16.4. The molecule has 1 aliphatic heterocycles. The Kier molecular flexibility index (Phi) is 6.11. The van der Waals surface area contributed by atoms with Crippen LogP contribution in [0, 0.1) is 5.92 Å². The average molecular weight is 309 g/mol. The molecule has 2 unspecified atom stereocenters. The Morgan fingerprint density at radius 2 is 2.14 bits per heavy atom. The standard InChI is InChI=1S/C15H27N5S/c1-5-7-16-13-9-14(19-15(18-13)21-4)17-12-6-8-20(3)10-11(12)2/h9,11-12H,5-8,10H2,1-4H3,(H2,16,17,18,19). The third-order valence-corrected chi connectivity index (χ3v) is 4.43. The van der Waals surface area contributed by atoms with Crippen LogP contribution in [0.3, 0.4) is 0 Å². The van der Waals surface area contributed by atoms with Crippen molar-refractivity contribution in [3.63, 3.8) is 0 Å². The summed E-state index contributed by atoms with van der Waals surface area (Å²) in [5.41, 5.74) is 0. The number of hydrogen-bond donors (Lipinski definition) is 2. The van der Waals surface area contributed by atoms with Crippen LogP contribution in [0.1, 0.15) is 26.7 Å². The number of thioether (sulfide) groups is 1. The maximum absolute atomic E-state index is 4.59. The van der Waals surface area contributed by atoms with Gasteiger partial charge in [0.2, 0.25) is 0 Å². The lowest BCUT2D eigenvalue weighted by molar-refractivity contribution is 0.206. The smallest absolute Gasteiger partial charge is 0.191 e. The van der Waals surface area contributed by atoms with Crippen molar-refractivity contribution in [1.29, 1.82) is 0 Å². The van der Waals surface area contributed by atoms with Gasteiger partial charge >= 0.3 is 0 Å². The predicted octanol–water partition coefficient (Wildman–Crippen LogP) is 2.77. The summed E-state index contributed by atoms with van der Waals surface area (Å²) in [5.74, 6) is 2.48. The van der Waals surface area contributed by atoms with Crippen LogP contribution >= 0.6 is 11.8 Å². The maximum atomic E-state index is 4.59. The van der Waals surface area contributed by atoms with Gasteiger partial charge < -0.3 is 15.5 Å². The number of nitrogens with zero attached hydrogens (tertiary/aromatic N) is 3. The van der Waals surface area contributed by atoms with Crippen LogP contribution in [0.5, 0.6) is 0 Å². The van der Waals surface area contributed by atoms with E-state index >= 15 is 0 Å². The van der Waals surface area contributed by atoms with Crippen molar-refractivity contribution in [2.24, 2.45) is 5.92 Å². The molecule has 0 aliphatic carbocycles. The molecule has 2 rings (SSSR count). The fourth-order valence-electron chi connectivity index (χ4n) is 2.69. The van der Waals surface area contributed by atoms with E-state index in [-0.39, 0.29) is 0 Å². The normalized spacial score (nSPS) is 23.0. The molecule has 0 saturated carbocycles. The molecule has 1 aliphatic rings. The van der Waals surface area contributed by atoms with E-state index in [1.165, 1.54) is 0 Å². The van der Waals surface area contributed by atoms with Crippen LogP contribution in [0.4, 0.5) is 11.6 Å². The Morgan fingerprint density at radius 1 is 1.38 bits per heavy atom. The zero-order chi connectivity index (χ0) is 15.2. The summed E-state index contributed by atoms with van der Waals surface area (Å²) in [7, 11) is 2.19. The first-order chi connectivity index (χ1) is 10.1. The lowest BCUT2D eigenvalue weighted by atomic mass is 9.94. The van der Waals surface area contributed by atoms with E-state index in [9.17, 15) is 0 Å². The first-order valence-electron chi connectivity index (χ1n) is 7.74. The topological polar surface area (TPSA) is 53.1 Å². The number of aromatic nitrogens is 2. The van der Waals surface area contributed by atoms with Gasteiger partial charge in [0.25, 0.3) is 0 Å². The fraction of sp³-hybridized carbons (Fsp3) is 0.733. The molecule has 2 N–H and O–H groups in total. The monoisotopic (exact) mass is 309 g/mol. The molecule has 0 amide bonds. The number of rotatable bonds is 6. The van der Waals surface area contributed by atoms with Gasteiger partial charge in [-0.3, -0.25) is 0 Å². The summed E-state index contributed by atoms with van der Waals surface area (Å²) in [6.07, 6.45) is 4.27. The Balaban J connectivity index is 2.07. The molecule has 118 valence electrons. The van der Waals surface area contributed by atoms with Crippen LogP contribution in [0.2, 0.25) is 0 Å². The van der Waals surface area contributed by atoms with Crippen molar-refractivity contribution >= 4 is 23.4 Å². The lowest BCUT2D eigenvalue weighted by Crippen LogP contribution is -2.43. The summed E-state index contributed by atoms with van der Waals surface area (Å²) in [6.45, 7) is 7.68. The van der Waals surface area contributed by atoms with E-state index < -0.39 is 0 Å². The molecular formula is C15H27N5S. The molecular weight excluding hydrogens is 282 g/mol. The minimum Gasteiger partial charge on any atom is -0.370 e. The van der Waals surface area contributed by atoms with Gasteiger partial charge in [0.15, 0.2) is 5.16 Å². The highest BCUT2D eigenvalue weighted by Gasteiger charge is 2.24. The number of anilines is 2. The van der Waals surface area contributed by atoms with Gasteiger partial charge in [0, 0.05) is 25.2 Å². The molecule has 21 heavy (non-hydrogen) atoms. The van der Waals surface area contributed by atoms with Gasteiger partial charge in [-0.15, -0.1) is 0 Å². The number of piperidine rings is 1. The van der Waals surface area contributed by atoms with E-state index in [1.807, 2.05) is 12.3 Å². The predicted molar refractivity (Wildman–Crippen MR) is 91.3 cm³/mol. The maximum Gasteiger partial charge on any atom is 0.191 e. The molecule has 6 heteroatoms. The highest BCUT2D eigenvalue weighted by atomic mass is 32.2. The third-order valence-electron chi connectivity index (χ3n) is 3.89. The second-order valence-electron chi connectivity index (χ2n) is 5.83. The molecule has 0 radical (unpaired) electrons. The third kappa shape index (κ3) is 4.74. The molecule has 2 heterocycles. The summed E-state index contributed by atoms with van der Waals surface area (Å²) in [5, 5.41) is 7.78. The van der Waals surface area contributed by atoms with Gasteiger partial charge in [-0.2, -0.15) is 0 Å². The second-order valence-corrected chi connectivity index (χ2v) is 6.60. The molecule has 1 aromatic heterocycles. The molecule has 0 spiro atoms. The Hall–Kier alpha value is -1.01. The zero-order valence-corrected chi connectivity index (χ0v) is 14.3. The highest BCUT2D eigenvalue weighted by Crippen LogP contribution is 2.22. The van der Waals surface area contributed by atoms with Gasteiger partial charge in [0.1, 0.15) is 11.6 Å². The molecule has 2 atom stereocenters. The van der Waals surface area contributed by atoms with Crippen molar-refractivity contribution in [1.82, 2.24) is 14.9 Å². The summed E-state index contributed by atoms with van der Waals surface area (Å²) >= 11 is 1.58. The molecule has 0 bridgehead atoms. The number of likely N-dealkylation sites (tertiary alicyclic amines) is 1. The quantitative estimate of drug-likeness (QED) is 0.622. The molecule has 1 fully saturated rings. The van der Waals surface area contributed by atoms with Gasteiger partial charge in [-0.25, -0.2) is 9.97 Å². The molecule has 1 saturated heterocycles. The van der Waals surface area contributed by atoms with Gasteiger partial charge in [0.05, 0.1) is 0 Å². The first-order valence-corrected chi connectivity index (χ1v) is 8.97. The van der Waals surface area contributed by atoms with Crippen LogP contribution in [0.25, 0.3) is 0 Å². The van der Waals surface area contributed by atoms with Crippen molar-refractivity contribution in [3.8, 4) is 0 Å². The number of hydrogen-bond acceptors (Lipinski definition) is 6. The van der Waals surface area contributed by atoms with Crippen molar-refractivity contribution in [3.05, 3.63) is 6.07 Å². The fourth-order valence-corrected chi connectivity index (χ4v) is 3.07. The average Bonchev–Trinajstić information content (AvgIpc) is 2.48. The van der Waals surface area contributed by atoms with Crippen LogP contribution < -0.4 is 10.6 Å². The summed E-state index contributed by atoms with van der Waals surface area (Å²) in [6, 6.07) is 2.52. The van der Waals surface area contributed by atoms with Crippen molar-refractivity contribution < 1.29 is 0 Å². The van der Waals surface area contributed by atoms with Crippen LogP contribution in [0.15, 0.2) is 11.2 Å². The van der Waals surface area contributed by atoms with Crippen molar-refractivity contribution in [2.45, 2.75) is 37.9 Å². The highest BCUT2D eigenvalue weighted by molar-refractivity contribution is 7.98. The van der Waals surface area contributed by atoms with Gasteiger partial charge in [-0.1, -0.05) is 25.6 Å². The minimum atomic E-state index is 0.491. The molecule has 5 nitrogen and oxygen atoms in total. The van der Waals surface area contributed by atoms with Crippen LogP contribution in [-0.4, -0.2) is 53.8 Å². The largest absolute Gasteiger partial charge is 0.370 e. The molecule has 1 aromatic rings. The SMILES string of the molecule is CCCNc1cc(NC2CCN(C)CC2C)nc(SC)n1. The van der Waals surface area contributed by atoms with E-state index in [0.29, 0.717) is 12.0 Å². The van der Waals surface area contributed by atoms with Gasteiger partial charge in [-0.05, 0) is 38.6 Å². The van der Waals surface area contributed by atoms with E-state index in [0.717, 1.165) is 49.3 Å². The number of nitrogens with one attached hydrogen (secondary N) is 2. The van der Waals surface area contributed by atoms with E-state index in [4.69, 9.17) is 0 Å². The Morgan fingerprint density at radius 3 is 2.81 bits per heavy atom. The van der Waals surface area contributed by atoms with Crippen molar-refractivity contribution in [2.75, 3.05) is 43.6 Å². The summed E-state index contributed by atoms with van der Waals surface area (Å²) < 4.78 is 0. The van der Waals surface area contributed by atoms with Crippen LogP contribution in [-0.2, 0) is 0 Å². The zero-order valence-electron chi connectivity index (χ0n) is 13.5. The second kappa shape index (κ2) is 7.84. The lowest BCUT2D eigenvalue weighted by Gasteiger charge is -2.35. The Labute approximate surface area is 132 Å². The van der Waals surface area contributed by atoms with E-state index in [2.05, 4.69) is 46.4 Å².